The Kier molecular flexibility index (Phi) is 6.63. The average Bonchev–Trinajstić information content (AvgIpc) is 3.30. The van der Waals surface area contributed by atoms with Crippen LogP contribution in [-0.4, -0.2) is 50.1 Å². The molecule has 0 unspecified atom stereocenters. The largest absolute Gasteiger partial charge is 0.376 e. The van der Waals surface area contributed by atoms with E-state index in [1.54, 1.807) is 11.6 Å². The summed E-state index contributed by atoms with van der Waals surface area (Å²) in [6.45, 7) is 6.89. The topological polar surface area (TPSA) is 111 Å². The van der Waals surface area contributed by atoms with Crippen molar-refractivity contribution in [3.8, 4) is 0 Å². The summed E-state index contributed by atoms with van der Waals surface area (Å²) in [6.07, 6.45) is 2.10. The monoisotopic (exact) mass is 404 g/mol. The van der Waals surface area contributed by atoms with Gasteiger partial charge in [0.05, 0.1) is 17.9 Å². The average molecular weight is 404 g/mol. The predicted molar refractivity (Wildman–Crippen MR) is 105 cm³/mol. The molecule has 2 atom stereocenters. The molecule has 0 spiro atoms. The third-order valence-electron chi connectivity index (χ3n) is 4.42. The number of amides is 3. The van der Waals surface area contributed by atoms with E-state index in [9.17, 15) is 9.59 Å². The van der Waals surface area contributed by atoms with Gasteiger partial charge in [-0.1, -0.05) is 29.5 Å². The third kappa shape index (κ3) is 5.29. The summed E-state index contributed by atoms with van der Waals surface area (Å²) in [7, 11) is 0. The van der Waals surface area contributed by atoms with Gasteiger partial charge in [-0.25, -0.2) is 9.48 Å². The van der Waals surface area contributed by atoms with Gasteiger partial charge in [-0.15, -0.1) is 5.10 Å². The SMILES string of the molecule is Cc1ccc(NC(=O)NC(=O)[C@@H](C)Sc2nnnn2C[C@@H]2CCCO2)c(C)c1. The number of anilines is 1. The molecule has 1 fully saturated rings. The van der Waals surface area contributed by atoms with Crippen molar-refractivity contribution in [3.05, 3.63) is 29.3 Å². The number of hydrogen-bond donors (Lipinski definition) is 2. The van der Waals surface area contributed by atoms with Crippen LogP contribution in [0.1, 0.15) is 30.9 Å². The standard InChI is InChI=1S/C18H24N6O3S/c1-11-6-7-15(12(2)9-11)19-17(26)20-16(25)13(3)28-18-21-22-23-24(18)10-14-5-4-8-27-14/h6-7,9,13-14H,4-5,8,10H2,1-3H3,(H2,19,20,25,26)/t13-,14+/m1/s1. The van der Waals surface area contributed by atoms with Crippen LogP contribution in [0.2, 0.25) is 0 Å². The van der Waals surface area contributed by atoms with E-state index < -0.39 is 17.2 Å². The van der Waals surface area contributed by atoms with Crippen LogP contribution in [0.4, 0.5) is 10.5 Å². The van der Waals surface area contributed by atoms with Gasteiger partial charge in [0.1, 0.15) is 0 Å². The fourth-order valence-corrected chi connectivity index (χ4v) is 3.71. The number of urea groups is 1. The second-order valence-electron chi connectivity index (χ2n) is 6.80. The van der Waals surface area contributed by atoms with E-state index in [0.717, 1.165) is 30.6 Å². The highest BCUT2D eigenvalue weighted by Crippen LogP contribution is 2.22. The number of aryl methyl sites for hydroxylation is 2. The number of rotatable bonds is 6. The van der Waals surface area contributed by atoms with Crippen molar-refractivity contribution in [1.29, 1.82) is 0 Å². The molecule has 2 aromatic rings. The van der Waals surface area contributed by atoms with E-state index in [1.165, 1.54) is 11.8 Å². The molecule has 9 nitrogen and oxygen atoms in total. The van der Waals surface area contributed by atoms with Crippen molar-refractivity contribution in [3.63, 3.8) is 0 Å². The van der Waals surface area contributed by atoms with Crippen molar-refractivity contribution in [2.45, 2.75) is 56.7 Å². The Bertz CT molecular complexity index is 850. The molecular formula is C18H24N6O3S. The number of hydrogen-bond acceptors (Lipinski definition) is 7. The maximum atomic E-state index is 12.4. The highest BCUT2D eigenvalue weighted by atomic mass is 32.2. The van der Waals surface area contributed by atoms with E-state index >= 15 is 0 Å². The van der Waals surface area contributed by atoms with Crippen LogP contribution in [0, 0.1) is 13.8 Å². The maximum absolute atomic E-state index is 12.4. The summed E-state index contributed by atoms with van der Waals surface area (Å²) < 4.78 is 7.24. The smallest absolute Gasteiger partial charge is 0.325 e. The lowest BCUT2D eigenvalue weighted by Gasteiger charge is -2.14. The molecule has 0 saturated carbocycles. The van der Waals surface area contributed by atoms with Crippen LogP contribution in [0.3, 0.4) is 0 Å². The Morgan fingerprint density at radius 2 is 2.21 bits per heavy atom. The minimum Gasteiger partial charge on any atom is -0.376 e. The van der Waals surface area contributed by atoms with Crippen LogP contribution >= 0.6 is 11.8 Å². The van der Waals surface area contributed by atoms with Crippen LogP contribution < -0.4 is 10.6 Å². The molecule has 3 amide bonds. The van der Waals surface area contributed by atoms with E-state index in [1.807, 2.05) is 32.0 Å². The Morgan fingerprint density at radius 1 is 1.39 bits per heavy atom. The molecule has 0 aliphatic carbocycles. The summed E-state index contributed by atoms with van der Waals surface area (Å²) in [6, 6.07) is 5.11. The van der Waals surface area contributed by atoms with E-state index in [0.29, 0.717) is 17.4 Å². The number of aromatic nitrogens is 4. The van der Waals surface area contributed by atoms with Gasteiger partial charge in [-0.3, -0.25) is 10.1 Å². The lowest BCUT2D eigenvalue weighted by atomic mass is 10.1. The summed E-state index contributed by atoms with van der Waals surface area (Å²) in [4.78, 5) is 24.5. The lowest BCUT2D eigenvalue weighted by Crippen LogP contribution is -2.39. The van der Waals surface area contributed by atoms with Crippen LogP contribution in [0.25, 0.3) is 0 Å². The van der Waals surface area contributed by atoms with E-state index in [-0.39, 0.29) is 6.10 Å². The van der Waals surface area contributed by atoms with Crippen LogP contribution in [0.5, 0.6) is 0 Å². The number of carbonyl (C=O) groups is 2. The van der Waals surface area contributed by atoms with E-state index in [2.05, 4.69) is 26.2 Å². The lowest BCUT2D eigenvalue weighted by molar-refractivity contribution is -0.119. The fourth-order valence-electron chi connectivity index (χ4n) is 2.91. The van der Waals surface area contributed by atoms with Crippen molar-refractivity contribution >= 4 is 29.4 Å². The van der Waals surface area contributed by atoms with E-state index in [4.69, 9.17) is 4.74 Å². The molecule has 0 radical (unpaired) electrons. The molecule has 1 aliphatic rings. The van der Waals surface area contributed by atoms with Crippen LogP contribution in [-0.2, 0) is 16.1 Å². The number of ether oxygens (including phenoxy) is 1. The Morgan fingerprint density at radius 3 is 2.93 bits per heavy atom. The predicted octanol–water partition coefficient (Wildman–Crippen LogP) is 2.30. The number of nitrogens with zero attached hydrogens (tertiary/aromatic N) is 4. The summed E-state index contributed by atoms with van der Waals surface area (Å²) in [5.41, 5.74) is 2.69. The minimum absolute atomic E-state index is 0.0931. The number of carbonyl (C=O) groups excluding carboxylic acids is 2. The number of imide groups is 1. The molecule has 2 N–H and O–H groups in total. The second kappa shape index (κ2) is 9.16. The molecular weight excluding hydrogens is 380 g/mol. The molecule has 10 heteroatoms. The van der Waals surface area contributed by atoms with Gasteiger partial charge in [-0.2, -0.15) is 0 Å². The quantitative estimate of drug-likeness (QED) is 0.711. The molecule has 1 saturated heterocycles. The first-order valence-corrected chi connectivity index (χ1v) is 10.0. The first-order valence-electron chi connectivity index (χ1n) is 9.16. The van der Waals surface area contributed by atoms with Crippen molar-refractivity contribution in [2.24, 2.45) is 0 Å². The fraction of sp³-hybridized carbons (Fsp3) is 0.500. The normalized spacial score (nSPS) is 17.3. The number of thioether (sulfide) groups is 1. The molecule has 1 aliphatic heterocycles. The zero-order valence-corrected chi connectivity index (χ0v) is 17.0. The summed E-state index contributed by atoms with van der Waals surface area (Å²) >= 11 is 1.20. The van der Waals surface area contributed by atoms with Gasteiger partial charge in [0.25, 0.3) is 0 Å². The molecule has 1 aromatic carbocycles. The first-order chi connectivity index (χ1) is 13.4. The number of tetrazole rings is 1. The molecule has 3 rings (SSSR count). The zero-order chi connectivity index (χ0) is 20.1. The Balaban J connectivity index is 1.53. The highest BCUT2D eigenvalue weighted by Gasteiger charge is 2.23. The second-order valence-corrected chi connectivity index (χ2v) is 8.11. The van der Waals surface area contributed by atoms with Crippen molar-refractivity contribution in [2.75, 3.05) is 11.9 Å². The first kappa shape index (κ1) is 20.3. The summed E-state index contributed by atoms with van der Waals surface area (Å²) in [5.74, 6) is -0.418. The van der Waals surface area contributed by atoms with Crippen molar-refractivity contribution < 1.29 is 14.3 Å². The number of benzene rings is 1. The minimum atomic E-state index is -0.566. The Labute approximate surface area is 167 Å². The van der Waals surface area contributed by atoms with Gasteiger partial charge in [-0.05, 0) is 55.7 Å². The molecule has 28 heavy (non-hydrogen) atoms. The van der Waals surface area contributed by atoms with Crippen LogP contribution in [0.15, 0.2) is 23.4 Å². The van der Waals surface area contributed by atoms with Gasteiger partial charge in [0.2, 0.25) is 11.1 Å². The third-order valence-corrected chi connectivity index (χ3v) is 5.49. The van der Waals surface area contributed by atoms with Gasteiger partial charge in [0, 0.05) is 12.3 Å². The highest BCUT2D eigenvalue weighted by molar-refractivity contribution is 8.00. The molecule has 2 heterocycles. The van der Waals surface area contributed by atoms with Gasteiger partial charge >= 0.3 is 6.03 Å². The van der Waals surface area contributed by atoms with Crippen molar-refractivity contribution in [1.82, 2.24) is 25.5 Å². The Hall–Kier alpha value is -2.46. The molecule has 150 valence electrons. The molecule has 0 bridgehead atoms. The zero-order valence-electron chi connectivity index (χ0n) is 16.1. The van der Waals surface area contributed by atoms with Gasteiger partial charge < -0.3 is 10.1 Å². The number of nitrogens with one attached hydrogen (secondary N) is 2. The van der Waals surface area contributed by atoms with Gasteiger partial charge in [0.15, 0.2) is 0 Å². The summed E-state index contributed by atoms with van der Waals surface area (Å²) in [5, 5.41) is 16.7. The maximum Gasteiger partial charge on any atom is 0.325 e. The molecule has 1 aromatic heterocycles.